The second kappa shape index (κ2) is 9.89. The van der Waals surface area contributed by atoms with Crippen LogP contribution in [0.15, 0.2) is 15.8 Å². The maximum atomic E-state index is 12.7. The molecule has 0 aromatic carbocycles. The zero-order valence-corrected chi connectivity index (χ0v) is 17.5. The number of hydrogen-bond donors (Lipinski definition) is 2. The Morgan fingerprint density at radius 1 is 1.28 bits per heavy atom. The number of nitrogens with one attached hydrogen (secondary N) is 2. The van der Waals surface area contributed by atoms with Crippen LogP contribution in [0.1, 0.15) is 33.3 Å². The maximum absolute atomic E-state index is 12.7. The SMILES string of the molecule is COC(=O)[C@@H](C)N(CCNC(=O)OC(C)(C)C)C(=O)Cn1cc(C)c(=O)[nH]c1=O. The van der Waals surface area contributed by atoms with Crippen molar-refractivity contribution in [1.82, 2.24) is 19.8 Å². The fourth-order valence-corrected chi connectivity index (χ4v) is 2.40. The number of carbonyl (C=O) groups excluding carboxylic acids is 3. The predicted molar refractivity (Wildman–Crippen MR) is 103 cm³/mol. The summed E-state index contributed by atoms with van der Waals surface area (Å²) in [6.45, 7) is 7.71. The van der Waals surface area contributed by atoms with Gasteiger partial charge in [0.05, 0.1) is 7.11 Å². The molecule has 0 unspecified atom stereocenters. The summed E-state index contributed by atoms with van der Waals surface area (Å²) in [7, 11) is 1.19. The Morgan fingerprint density at radius 3 is 2.45 bits per heavy atom. The van der Waals surface area contributed by atoms with Crippen molar-refractivity contribution in [3.8, 4) is 0 Å². The first-order valence-electron chi connectivity index (χ1n) is 9.00. The minimum atomic E-state index is -0.951. The van der Waals surface area contributed by atoms with E-state index in [1.165, 1.54) is 32.1 Å². The standard InChI is InChI=1S/C18H28N4O7/c1-11-9-21(16(26)20-14(11)24)10-13(23)22(12(2)15(25)28-6)8-7-19-17(27)29-18(3,4)5/h9,12H,7-8,10H2,1-6H3,(H,19,27)(H,20,24,26)/t12-/m1/s1. The Bertz CT molecular complexity index is 866. The summed E-state index contributed by atoms with van der Waals surface area (Å²) >= 11 is 0. The quantitative estimate of drug-likeness (QED) is 0.589. The molecule has 2 N–H and O–H groups in total. The van der Waals surface area contributed by atoms with Gasteiger partial charge in [-0.1, -0.05) is 0 Å². The van der Waals surface area contributed by atoms with Crippen molar-refractivity contribution in [1.29, 1.82) is 0 Å². The number of hydrogen-bond acceptors (Lipinski definition) is 7. The second-order valence-corrected chi connectivity index (χ2v) is 7.41. The van der Waals surface area contributed by atoms with Crippen molar-refractivity contribution in [3.63, 3.8) is 0 Å². The van der Waals surface area contributed by atoms with E-state index >= 15 is 0 Å². The lowest BCUT2D eigenvalue weighted by molar-refractivity contribution is -0.152. The molecular weight excluding hydrogens is 384 g/mol. The predicted octanol–water partition coefficient (Wildman–Crippen LogP) is -0.240. The van der Waals surface area contributed by atoms with Gasteiger partial charge in [-0.2, -0.15) is 0 Å². The smallest absolute Gasteiger partial charge is 0.407 e. The zero-order chi connectivity index (χ0) is 22.4. The van der Waals surface area contributed by atoms with E-state index in [-0.39, 0.29) is 18.7 Å². The van der Waals surface area contributed by atoms with E-state index in [0.717, 1.165) is 4.57 Å². The van der Waals surface area contributed by atoms with Gasteiger partial charge in [0.15, 0.2) is 0 Å². The summed E-state index contributed by atoms with van der Waals surface area (Å²) in [5, 5.41) is 2.51. The third-order valence-corrected chi connectivity index (χ3v) is 3.85. The lowest BCUT2D eigenvalue weighted by Gasteiger charge is -2.28. The molecule has 0 aliphatic heterocycles. The summed E-state index contributed by atoms with van der Waals surface area (Å²) in [5.74, 6) is -1.22. The van der Waals surface area contributed by atoms with Crippen LogP contribution < -0.4 is 16.6 Å². The number of ether oxygens (including phenoxy) is 2. The number of amides is 2. The van der Waals surface area contributed by atoms with Crippen molar-refractivity contribution < 1.29 is 23.9 Å². The molecule has 11 nitrogen and oxygen atoms in total. The van der Waals surface area contributed by atoms with Gasteiger partial charge in [0, 0.05) is 24.8 Å². The molecule has 0 bridgehead atoms. The highest BCUT2D eigenvalue weighted by Crippen LogP contribution is 2.07. The van der Waals surface area contributed by atoms with Crippen LogP contribution in [0.4, 0.5) is 4.79 Å². The van der Waals surface area contributed by atoms with E-state index in [9.17, 15) is 24.0 Å². The number of rotatable bonds is 7. The van der Waals surface area contributed by atoms with Gasteiger partial charge in [0.25, 0.3) is 5.56 Å². The Kier molecular flexibility index (Phi) is 8.16. The van der Waals surface area contributed by atoms with Crippen LogP contribution in [0.3, 0.4) is 0 Å². The van der Waals surface area contributed by atoms with Gasteiger partial charge in [0.2, 0.25) is 5.91 Å². The van der Waals surface area contributed by atoms with Crippen LogP contribution in [-0.4, -0.2) is 64.3 Å². The first-order valence-corrected chi connectivity index (χ1v) is 9.00. The highest BCUT2D eigenvalue weighted by molar-refractivity contribution is 5.84. The number of carbonyl (C=O) groups is 3. The van der Waals surface area contributed by atoms with Gasteiger partial charge in [-0.25, -0.2) is 14.4 Å². The molecular formula is C18H28N4O7. The summed E-state index contributed by atoms with van der Waals surface area (Å²) in [6, 6.07) is -0.951. The highest BCUT2D eigenvalue weighted by atomic mass is 16.6. The second-order valence-electron chi connectivity index (χ2n) is 7.41. The molecule has 0 saturated heterocycles. The van der Waals surface area contributed by atoms with E-state index in [1.54, 1.807) is 20.8 Å². The van der Waals surface area contributed by atoms with Crippen LogP contribution in [0.25, 0.3) is 0 Å². The van der Waals surface area contributed by atoms with E-state index in [1.807, 2.05) is 0 Å². The molecule has 0 radical (unpaired) electrons. The van der Waals surface area contributed by atoms with Crippen molar-refractivity contribution in [3.05, 3.63) is 32.6 Å². The summed E-state index contributed by atoms with van der Waals surface area (Å²) < 4.78 is 10.8. The molecule has 1 rings (SSSR count). The van der Waals surface area contributed by atoms with Crippen molar-refractivity contribution in [2.24, 2.45) is 0 Å². The first-order chi connectivity index (χ1) is 13.4. The third kappa shape index (κ3) is 7.43. The number of alkyl carbamates (subject to hydrolysis) is 1. The Hall–Kier alpha value is -3.11. The number of methoxy groups -OCH3 is 1. The monoisotopic (exact) mass is 412 g/mol. The molecule has 1 aromatic rings. The average Bonchev–Trinajstić information content (AvgIpc) is 2.60. The Balaban J connectivity index is 2.92. The molecule has 1 atom stereocenters. The number of nitrogens with zero attached hydrogens (tertiary/aromatic N) is 2. The van der Waals surface area contributed by atoms with Crippen LogP contribution in [0.5, 0.6) is 0 Å². The fourth-order valence-electron chi connectivity index (χ4n) is 2.40. The van der Waals surface area contributed by atoms with Crippen LogP contribution in [-0.2, 0) is 25.6 Å². The number of aromatic nitrogens is 2. The number of aromatic amines is 1. The van der Waals surface area contributed by atoms with E-state index in [0.29, 0.717) is 0 Å². The Morgan fingerprint density at radius 2 is 1.90 bits per heavy atom. The Labute approximate surface area is 168 Å². The maximum Gasteiger partial charge on any atom is 0.407 e. The topological polar surface area (TPSA) is 140 Å². The van der Waals surface area contributed by atoms with Gasteiger partial charge >= 0.3 is 17.8 Å². The van der Waals surface area contributed by atoms with Crippen LogP contribution in [0, 0.1) is 6.92 Å². The lowest BCUT2D eigenvalue weighted by Crippen LogP contribution is -2.49. The molecule has 29 heavy (non-hydrogen) atoms. The largest absolute Gasteiger partial charge is 0.467 e. The number of H-pyrrole nitrogens is 1. The molecule has 1 heterocycles. The van der Waals surface area contributed by atoms with E-state index in [4.69, 9.17) is 4.74 Å². The average molecular weight is 412 g/mol. The number of aryl methyl sites for hydroxylation is 1. The van der Waals surface area contributed by atoms with Crippen molar-refractivity contribution >= 4 is 18.0 Å². The molecule has 1 aromatic heterocycles. The molecule has 0 aliphatic carbocycles. The van der Waals surface area contributed by atoms with Gasteiger partial charge < -0.3 is 19.7 Å². The summed E-state index contributed by atoms with van der Waals surface area (Å²) in [5.41, 5.74) is -1.70. The summed E-state index contributed by atoms with van der Waals surface area (Å²) in [4.78, 5) is 63.1. The zero-order valence-electron chi connectivity index (χ0n) is 17.5. The summed E-state index contributed by atoms with van der Waals surface area (Å²) in [6.07, 6.45) is 0.599. The lowest BCUT2D eigenvalue weighted by atomic mass is 10.2. The van der Waals surface area contributed by atoms with Gasteiger partial charge in [-0.3, -0.25) is 19.1 Å². The third-order valence-electron chi connectivity index (χ3n) is 3.85. The molecule has 0 spiro atoms. The molecule has 2 amide bonds. The van der Waals surface area contributed by atoms with Crippen LogP contribution >= 0.6 is 0 Å². The van der Waals surface area contributed by atoms with Gasteiger partial charge in [0.1, 0.15) is 18.2 Å². The minimum Gasteiger partial charge on any atom is -0.467 e. The molecule has 0 aliphatic rings. The molecule has 162 valence electrons. The molecule has 0 fully saturated rings. The van der Waals surface area contributed by atoms with Gasteiger partial charge in [-0.05, 0) is 34.6 Å². The van der Waals surface area contributed by atoms with Crippen LogP contribution in [0.2, 0.25) is 0 Å². The molecule has 11 heteroatoms. The first kappa shape index (κ1) is 23.9. The highest BCUT2D eigenvalue weighted by Gasteiger charge is 2.27. The fraction of sp³-hybridized carbons (Fsp3) is 0.611. The van der Waals surface area contributed by atoms with Crippen molar-refractivity contribution in [2.45, 2.75) is 52.8 Å². The minimum absolute atomic E-state index is 0.0154. The van der Waals surface area contributed by atoms with E-state index < -0.39 is 47.4 Å². The normalized spacial score (nSPS) is 12.1. The van der Waals surface area contributed by atoms with Crippen molar-refractivity contribution in [2.75, 3.05) is 20.2 Å². The number of esters is 1. The molecule has 0 saturated carbocycles. The van der Waals surface area contributed by atoms with E-state index in [2.05, 4.69) is 15.0 Å². The van der Waals surface area contributed by atoms with Gasteiger partial charge in [-0.15, -0.1) is 0 Å².